The van der Waals surface area contributed by atoms with Crippen molar-refractivity contribution < 1.29 is 4.79 Å². The minimum atomic E-state index is -0.378. The van der Waals surface area contributed by atoms with Crippen molar-refractivity contribution in [1.82, 2.24) is 14.8 Å². The van der Waals surface area contributed by atoms with Gasteiger partial charge in [-0.2, -0.15) is 4.98 Å². The molecule has 1 atom stereocenters. The third kappa shape index (κ3) is 4.02. The van der Waals surface area contributed by atoms with E-state index in [9.17, 15) is 4.79 Å². The first kappa shape index (κ1) is 20.7. The Morgan fingerprint density at radius 2 is 1.93 bits per heavy atom. The van der Waals surface area contributed by atoms with Gasteiger partial charge in [-0.15, -0.1) is 5.10 Å². The zero-order valence-corrected chi connectivity index (χ0v) is 19.3. The molecule has 0 radical (unpaired) electrons. The van der Waals surface area contributed by atoms with Crippen LogP contribution in [0.1, 0.15) is 31.0 Å². The van der Waals surface area contributed by atoms with Crippen molar-refractivity contribution in [3.05, 3.63) is 75.4 Å². The summed E-state index contributed by atoms with van der Waals surface area (Å²) in [5.41, 5.74) is 4.15. The third-order valence-electron chi connectivity index (χ3n) is 4.93. The van der Waals surface area contributed by atoms with E-state index in [1.165, 1.54) is 0 Å². The maximum absolute atomic E-state index is 13.4. The Morgan fingerprint density at radius 1 is 1.20 bits per heavy atom. The van der Waals surface area contributed by atoms with Crippen molar-refractivity contribution in [2.75, 3.05) is 16.4 Å². The lowest BCUT2D eigenvalue weighted by atomic mass is 9.95. The van der Waals surface area contributed by atoms with Crippen LogP contribution in [0.25, 0.3) is 0 Å². The number of thioether (sulfide) groups is 1. The van der Waals surface area contributed by atoms with Crippen LogP contribution in [-0.2, 0) is 4.79 Å². The van der Waals surface area contributed by atoms with Crippen LogP contribution in [-0.4, -0.2) is 26.4 Å². The number of hydrogen-bond donors (Lipinski definition) is 2. The van der Waals surface area contributed by atoms with Gasteiger partial charge in [0, 0.05) is 15.9 Å². The molecule has 0 spiro atoms. The van der Waals surface area contributed by atoms with Crippen LogP contribution in [0, 0.1) is 6.92 Å². The van der Waals surface area contributed by atoms with Gasteiger partial charge < -0.3 is 10.6 Å². The molecule has 1 aliphatic heterocycles. The van der Waals surface area contributed by atoms with Crippen LogP contribution >= 0.6 is 27.7 Å². The molecule has 1 aliphatic rings. The lowest BCUT2D eigenvalue weighted by Gasteiger charge is -2.28. The molecule has 1 aromatic heterocycles. The number of halogens is 1. The fourth-order valence-corrected chi connectivity index (χ4v) is 4.29. The number of fused-ring (bicyclic) bond motifs is 1. The van der Waals surface area contributed by atoms with Gasteiger partial charge in [0.25, 0.3) is 5.91 Å². The average Bonchev–Trinajstić information content (AvgIpc) is 3.11. The van der Waals surface area contributed by atoms with Gasteiger partial charge in [0.05, 0.1) is 5.57 Å². The van der Waals surface area contributed by atoms with Gasteiger partial charge >= 0.3 is 0 Å². The van der Waals surface area contributed by atoms with E-state index in [0.29, 0.717) is 16.7 Å². The summed E-state index contributed by atoms with van der Waals surface area (Å²) in [4.78, 5) is 18.0. The summed E-state index contributed by atoms with van der Waals surface area (Å²) in [5, 5.41) is 11.7. The lowest BCUT2D eigenvalue weighted by molar-refractivity contribution is -0.113. The number of benzene rings is 2. The molecule has 3 aromatic rings. The number of hydrogen-bond acceptors (Lipinski definition) is 5. The largest absolute Gasteiger partial charge is 0.328 e. The van der Waals surface area contributed by atoms with Gasteiger partial charge in [-0.3, -0.25) is 4.79 Å². The van der Waals surface area contributed by atoms with E-state index in [1.807, 2.05) is 62.4 Å². The van der Waals surface area contributed by atoms with E-state index in [1.54, 1.807) is 16.4 Å². The number of allylic oxidation sites excluding steroid dienone is 1. The Bertz CT molecular complexity index is 1120. The van der Waals surface area contributed by atoms with Gasteiger partial charge in [0.2, 0.25) is 11.1 Å². The zero-order chi connectivity index (χ0) is 21.3. The maximum atomic E-state index is 13.4. The molecule has 30 heavy (non-hydrogen) atoms. The molecular weight excluding hydrogens is 462 g/mol. The Kier molecular flexibility index (Phi) is 5.97. The Balaban J connectivity index is 1.78. The highest BCUT2D eigenvalue weighted by Gasteiger charge is 2.34. The number of nitrogens with one attached hydrogen (secondary N) is 2. The fourth-order valence-electron chi connectivity index (χ4n) is 3.47. The van der Waals surface area contributed by atoms with E-state index in [2.05, 4.69) is 38.5 Å². The SMILES string of the molecule is CCSc1nc2n(n1)C(c1ccc(Br)cc1)C(C(=O)Nc1ccccc1C)=C(C)N2. The topological polar surface area (TPSA) is 71.8 Å². The fraction of sp³-hybridized carbons (Fsp3) is 0.227. The van der Waals surface area contributed by atoms with Crippen LogP contribution in [0.4, 0.5) is 11.6 Å². The Hall–Kier alpha value is -2.58. The summed E-state index contributed by atoms with van der Waals surface area (Å²) in [6, 6.07) is 15.3. The summed E-state index contributed by atoms with van der Waals surface area (Å²) >= 11 is 5.07. The number of amides is 1. The molecule has 154 valence electrons. The molecule has 4 rings (SSSR count). The number of aryl methyl sites for hydroxylation is 1. The van der Waals surface area contributed by atoms with Gasteiger partial charge in [-0.05, 0) is 48.9 Å². The number of anilines is 2. The van der Waals surface area contributed by atoms with Crippen LogP contribution < -0.4 is 10.6 Å². The molecule has 1 amide bonds. The van der Waals surface area contributed by atoms with Crippen LogP contribution in [0.3, 0.4) is 0 Å². The first-order chi connectivity index (χ1) is 14.5. The number of para-hydroxylation sites is 1. The summed E-state index contributed by atoms with van der Waals surface area (Å²) in [6.45, 7) is 5.95. The Labute approximate surface area is 188 Å². The molecule has 0 bridgehead atoms. The number of carbonyl (C=O) groups excluding carboxylic acids is 1. The second kappa shape index (κ2) is 8.65. The third-order valence-corrected chi connectivity index (χ3v) is 6.18. The second-order valence-electron chi connectivity index (χ2n) is 6.98. The van der Waals surface area contributed by atoms with Gasteiger partial charge in [-0.1, -0.05) is 64.9 Å². The van der Waals surface area contributed by atoms with Crippen molar-refractivity contribution in [2.24, 2.45) is 0 Å². The number of nitrogens with zero attached hydrogens (tertiary/aromatic N) is 3. The molecule has 2 N–H and O–H groups in total. The molecular formula is C22H22BrN5OS. The number of aromatic nitrogens is 3. The van der Waals surface area contributed by atoms with Crippen molar-refractivity contribution >= 4 is 45.2 Å². The van der Waals surface area contributed by atoms with Crippen LogP contribution in [0.2, 0.25) is 0 Å². The normalized spacial score (nSPS) is 15.5. The van der Waals surface area contributed by atoms with Crippen LogP contribution in [0.15, 0.2) is 69.4 Å². The molecule has 6 nitrogen and oxygen atoms in total. The van der Waals surface area contributed by atoms with Crippen molar-refractivity contribution in [3.8, 4) is 0 Å². The first-order valence-corrected chi connectivity index (χ1v) is 11.5. The highest BCUT2D eigenvalue weighted by Crippen LogP contribution is 2.37. The monoisotopic (exact) mass is 483 g/mol. The minimum absolute atomic E-state index is 0.159. The van der Waals surface area contributed by atoms with Crippen molar-refractivity contribution in [1.29, 1.82) is 0 Å². The summed E-state index contributed by atoms with van der Waals surface area (Å²) in [6.07, 6.45) is 0. The molecule has 1 unspecified atom stereocenters. The lowest BCUT2D eigenvalue weighted by Crippen LogP contribution is -2.31. The highest BCUT2D eigenvalue weighted by molar-refractivity contribution is 9.10. The molecule has 0 saturated heterocycles. The van der Waals surface area contributed by atoms with Crippen molar-refractivity contribution in [3.63, 3.8) is 0 Å². The molecule has 0 fully saturated rings. The molecule has 8 heteroatoms. The summed E-state index contributed by atoms with van der Waals surface area (Å²) < 4.78 is 2.79. The predicted octanol–water partition coefficient (Wildman–Crippen LogP) is 5.39. The highest BCUT2D eigenvalue weighted by atomic mass is 79.9. The molecule has 0 saturated carbocycles. The van der Waals surface area contributed by atoms with Gasteiger partial charge in [-0.25, -0.2) is 4.68 Å². The van der Waals surface area contributed by atoms with Crippen LogP contribution in [0.5, 0.6) is 0 Å². The number of carbonyl (C=O) groups is 1. The van der Waals surface area contributed by atoms with Gasteiger partial charge in [0.15, 0.2) is 0 Å². The van der Waals surface area contributed by atoms with E-state index in [-0.39, 0.29) is 11.9 Å². The van der Waals surface area contributed by atoms with E-state index >= 15 is 0 Å². The molecule has 0 aliphatic carbocycles. The van der Waals surface area contributed by atoms with Gasteiger partial charge in [0.1, 0.15) is 6.04 Å². The average molecular weight is 484 g/mol. The standard InChI is InChI=1S/C22H22BrN5OS/c1-4-30-22-26-21-24-14(3)18(20(29)25-17-8-6-5-7-13(17)2)19(28(21)27-22)15-9-11-16(23)12-10-15/h5-12,19H,4H2,1-3H3,(H,25,29)(H,24,26,27). The Morgan fingerprint density at radius 3 is 2.63 bits per heavy atom. The smallest absolute Gasteiger partial charge is 0.255 e. The quantitative estimate of drug-likeness (QED) is 0.476. The summed E-state index contributed by atoms with van der Waals surface area (Å²) in [7, 11) is 0. The van der Waals surface area contributed by atoms with E-state index in [0.717, 1.165) is 32.7 Å². The minimum Gasteiger partial charge on any atom is -0.328 e. The second-order valence-corrected chi connectivity index (χ2v) is 9.13. The maximum Gasteiger partial charge on any atom is 0.255 e. The summed E-state index contributed by atoms with van der Waals surface area (Å²) in [5.74, 6) is 1.36. The first-order valence-electron chi connectivity index (χ1n) is 9.67. The number of rotatable bonds is 5. The van der Waals surface area contributed by atoms with Crippen molar-refractivity contribution in [2.45, 2.75) is 32.0 Å². The molecule has 2 heterocycles. The molecule has 2 aromatic carbocycles. The van der Waals surface area contributed by atoms with E-state index in [4.69, 9.17) is 5.10 Å². The van der Waals surface area contributed by atoms with E-state index < -0.39 is 0 Å². The zero-order valence-electron chi connectivity index (χ0n) is 16.9. The predicted molar refractivity (Wildman–Crippen MR) is 125 cm³/mol.